The van der Waals surface area contributed by atoms with E-state index >= 15 is 0 Å². The fourth-order valence-corrected chi connectivity index (χ4v) is 3.41. The van der Waals surface area contributed by atoms with Crippen LogP contribution < -0.4 is 4.90 Å². The Morgan fingerprint density at radius 3 is 2.72 bits per heavy atom. The molecule has 0 aliphatic carbocycles. The minimum atomic E-state index is -1.58. The Balaban J connectivity index is 2.16. The number of Topliss-reactive ketones (excluding diaryl/α,β-unsaturated/α-hetero) is 1. The fraction of sp³-hybridized carbons (Fsp3) is 0.333. The van der Waals surface area contributed by atoms with Gasteiger partial charge in [0.1, 0.15) is 6.61 Å². The number of amides is 2. The predicted molar refractivity (Wildman–Crippen MR) is 88.8 cm³/mol. The number of rotatable bonds is 5. The molecule has 0 radical (unpaired) electrons. The van der Waals surface area contributed by atoms with Gasteiger partial charge in [0.2, 0.25) is 11.6 Å². The van der Waals surface area contributed by atoms with Crippen LogP contribution in [-0.4, -0.2) is 47.3 Å². The Morgan fingerprint density at radius 1 is 1.32 bits per heavy atom. The Bertz CT molecular complexity index is 787. The first-order valence-corrected chi connectivity index (χ1v) is 7.95. The van der Waals surface area contributed by atoms with Crippen LogP contribution in [0.2, 0.25) is 0 Å². The summed E-state index contributed by atoms with van der Waals surface area (Å²) in [4.78, 5) is 52.3. The van der Waals surface area contributed by atoms with Gasteiger partial charge in [0.15, 0.2) is 5.78 Å². The molecule has 1 atom stereocenters. The Kier molecular flexibility index (Phi) is 4.16. The molecule has 1 aromatic rings. The molecular weight excluding hydrogens is 324 g/mol. The number of hydrogen-bond acceptors (Lipinski definition) is 5. The second-order valence-electron chi connectivity index (χ2n) is 6.05. The molecule has 130 valence electrons. The van der Waals surface area contributed by atoms with Crippen LogP contribution >= 0.6 is 0 Å². The third-order valence-electron chi connectivity index (χ3n) is 4.42. The highest BCUT2D eigenvalue weighted by atomic mass is 16.5. The number of ether oxygens (including phenoxy) is 1. The average molecular weight is 342 g/mol. The van der Waals surface area contributed by atoms with Gasteiger partial charge in [0.25, 0.3) is 5.91 Å². The maximum Gasteiger partial charge on any atom is 0.354 e. The summed E-state index contributed by atoms with van der Waals surface area (Å²) in [5.74, 6) is -1.74. The number of benzene rings is 1. The number of hydrogen-bond donors (Lipinski definition) is 0. The predicted octanol–water partition coefficient (Wildman–Crippen LogP) is 1.28. The number of nitrogens with zero attached hydrogens (tertiary/aromatic N) is 2. The number of para-hydroxylation sites is 1. The van der Waals surface area contributed by atoms with Gasteiger partial charge in [-0.2, -0.15) is 0 Å². The fourth-order valence-electron chi connectivity index (χ4n) is 3.41. The van der Waals surface area contributed by atoms with Gasteiger partial charge in [0.05, 0.1) is 11.3 Å². The van der Waals surface area contributed by atoms with Crippen molar-refractivity contribution in [3.63, 3.8) is 0 Å². The van der Waals surface area contributed by atoms with E-state index in [1.54, 1.807) is 24.3 Å². The third-order valence-corrected chi connectivity index (χ3v) is 4.42. The van der Waals surface area contributed by atoms with Crippen LogP contribution in [0.15, 0.2) is 36.9 Å². The van der Waals surface area contributed by atoms with Crippen LogP contribution in [0.4, 0.5) is 5.69 Å². The lowest BCUT2D eigenvalue weighted by atomic mass is 9.96. The summed E-state index contributed by atoms with van der Waals surface area (Å²) in [6, 6.07) is 6.65. The van der Waals surface area contributed by atoms with Crippen molar-refractivity contribution in [1.29, 1.82) is 0 Å². The molecule has 1 fully saturated rings. The monoisotopic (exact) mass is 342 g/mol. The summed E-state index contributed by atoms with van der Waals surface area (Å²) in [7, 11) is 0. The van der Waals surface area contributed by atoms with E-state index in [0.29, 0.717) is 11.3 Å². The van der Waals surface area contributed by atoms with Gasteiger partial charge in [-0.15, -0.1) is 6.58 Å². The van der Waals surface area contributed by atoms with Crippen LogP contribution in [0.5, 0.6) is 0 Å². The van der Waals surface area contributed by atoms with E-state index in [1.807, 2.05) is 0 Å². The number of fused-ring (bicyclic) bond motifs is 3. The van der Waals surface area contributed by atoms with E-state index in [4.69, 9.17) is 4.74 Å². The van der Waals surface area contributed by atoms with E-state index in [1.165, 1.54) is 22.8 Å². The van der Waals surface area contributed by atoms with Crippen molar-refractivity contribution in [3.8, 4) is 0 Å². The summed E-state index contributed by atoms with van der Waals surface area (Å²) >= 11 is 0. The smallest absolute Gasteiger partial charge is 0.354 e. The highest BCUT2D eigenvalue weighted by molar-refractivity contribution is 6.15. The lowest BCUT2D eigenvalue weighted by Gasteiger charge is -2.47. The van der Waals surface area contributed by atoms with Gasteiger partial charge in [0, 0.05) is 19.4 Å². The van der Waals surface area contributed by atoms with Crippen LogP contribution in [0.3, 0.4) is 0 Å². The molecule has 0 bridgehead atoms. The second kappa shape index (κ2) is 6.16. The third kappa shape index (κ3) is 2.43. The first-order chi connectivity index (χ1) is 11.9. The SMILES string of the molecule is C=CCN1C(=O)c2ccccc2N2C(=O)CC[C@@]12C(=O)OCC(C)=O. The van der Waals surface area contributed by atoms with Crippen LogP contribution in [-0.2, 0) is 19.1 Å². The zero-order valence-electron chi connectivity index (χ0n) is 13.9. The van der Waals surface area contributed by atoms with Crippen molar-refractivity contribution in [2.45, 2.75) is 25.4 Å². The summed E-state index contributed by atoms with van der Waals surface area (Å²) in [5, 5.41) is 0. The van der Waals surface area contributed by atoms with Crippen molar-refractivity contribution in [2.75, 3.05) is 18.1 Å². The van der Waals surface area contributed by atoms with E-state index in [9.17, 15) is 19.2 Å². The number of ketones is 1. The molecule has 0 N–H and O–H groups in total. The van der Waals surface area contributed by atoms with Crippen molar-refractivity contribution in [3.05, 3.63) is 42.5 Å². The molecule has 0 saturated carbocycles. The maximum atomic E-state index is 13.0. The number of carbonyl (C=O) groups is 4. The highest BCUT2D eigenvalue weighted by Crippen LogP contribution is 2.44. The topological polar surface area (TPSA) is 84.0 Å². The lowest BCUT2D eigenvalue weighted by Crippen LogP contribution is -2.68. The van der Waals surface area contributed by atoms with Gasteiger partial charge in [-0.05, 0) is 19.1 Å². The normalized spacial score (nSPS) is 21.6. The van der Waals surface area contributed by atoms with Gasteiger partial charge in [-0.3, -0.25) is 19.3 Å². The Hall–Kier alpha value is -2.96. The van der Waals surface area contributed by atoms with E-state index < -0.39 is 18.2 Å². The van der Waals surface area contributed by atoms with Gasteiger partial charge in [-0.1, -0.05) is 18.2 Å². The standard InChI is InChI=1S/C18H18N2O5/c1-3-10-19-16(23)13-6-4-5-7-14(13)20-15(22)8-9-18(19,20)17(24)25-11-12(2)21/h3-7H,1,8-11H2,2H3/t18-/m1/s1. The quantitative estimate of drug-likeness (QED) is 0.595. The first kappa shape index (κ1) is 16.9. The van der Waals surface area contributed by atoms with Crippen molar-refractivity contribution >= 4 is 29.3 Å². The van der Waals surface area contributed by atoms with E-state index in [2.05, 4.69) is 6.58 Å². The first-order valence-electron chi connectivity index (χ1n) is 7.95. The molecule has 2 aliphatic heterocycles. The zero-order chi connectivity index (χ0) is 18.2. The molecule has 3 rings (SSSR count). The van der Waals surface area contributed by atoms with Crippen LogP contribution in [0.1, 0.15) is 30.1 Å². The molecule has 7 nitrogen and oxygen atoms in total. The summed E-state index contributed by atoms with van der Waals surface area (Å²) < 4.78 is 5.13. The van der Waals surface area contributed by atoms with Crippen LogP contribution in [0.25, 0.3) is 0 Å². The zero-order valence-corrected chi connectivity index (χ0v) is 13.9. The minimum Gasteiger partial charge on any atom is -0.455 e. The summed E-state index contributed by atoms with van der Waals surface area (Å²) in [6.07, 6.45) is 1.70. The average Bonchev–Trinajstić information content (AvgIpc) is 2.95. The largest absolute Gasteiger partial charge is 0.455 e. The Labute approximate surface area is 144 Å². The Morgan fingerprint density at radius 2 is 2.04 bits per heavy atom. The lowest BCUT2D eigenvalue weighted by molar-refractivity contribution is -0.159. The number of carbonyl (C=O) groups excluding carboxylic acids is 4. The molecular formula is C18H18N2O5. The molecule has 0 aromatic heterocycles. The maximum absolute atomic E-state index is 13.0. The molecule has 1 aromatic carbocycles. The van der Waals surface area contributed by atoms with Crippen molar-refractivity contribution in [2.24, 2.45) is 0 Å². The molecule has 7 heteroatoms. The molecule has 2 aliphatic rings. The summed E-state index contributed by atoms with van der Waals surface area (Å²) in [6.45, 7) is 4.61. The second-order valence-corrected chi connectivity index (χ2v) is 6.05. The molecule has 2 amide bonds. The number of esters is 1. The van der Waals surface area contributed by atoms with Gasteiger partial charge >= 0.3 is 5.97 Å². The molecule has 2 heterocycles. The highest BCUT2D eigenvalue weighted by Gasteiger charge is 2.61. The van der Waals surface area contributed by atoms with E-state index in [0.717, 1.165) is 0 Å². The van der Waals surface area contributed by atoms with Gasteiger partial charge in [-0.25, -0.2) is 4.79 Å². The molecule has 1 saturated heterocycles. The number of anilines is 1. The van der Waals surface area contributed by atoms with Crippen LogP contribution in [0, 0.1) is 0 Å². The van der Waals surface area contributed by atoms with Gasteiger partial charge < -0.3 is 9.64 Å². The minimum absolute atomic E-state index is 0.0755. The molecule has 0 unspecified atom stereocenters. The van der Waals surface area contributed by atoms with Crippen molar-refractivity contribution < 1.29 is 23.9 Å². The molecule has 0 spiro atoms. The summed E-state index contributed by atoms with van der Waals surface area (Å²) in [5.41, 5.74) is -0.851. The van der Waals surface area contributed by atoms with Crippen molar-refractivity contribution in [1.82, 2.24) is 4.90 Å². The molecule has 25 heavy (non-hydrogen) atoms. The van der Waals surface area contributed by atoms with E-state index in [-0.39, 0.29) is 37.0 Å².